The second kappa shape index (κ2) is 4.44. The molecule has 1 aromatic carbocycles. The maximum atomic E-state index is 11.6. The molecule has 1 saturated heterocycles. The fourth-order valence-corrected chi connectivity index (χ4v) is 3.63. The minimum Gasteiger partial charge on any atom is -0.369 e. The van der Waals surface area contributed by atoms with Gasteiger partial charge in [0.2, 0.25) is 0 Å². The third kappa shape index (κ3) is 1.84. The zero-order valence-corrected chi connectivity index (χ0v) is 11.4. The molecule has 0 spiro atoms. The largest absolute Gasteiger partial charge is 0.369 e. The van der Waals surface area contributed by atoms with Crippen LogP contribution in [0, 0.1) is 10.1 Å². The van der Waals surface area contributed by atoms with Gasteiger partial charge in [-0.3, -0.25) is 15.0 Å². The van der Waals surface area contributed by atoms with Gasteiger partial charge in [-0.15, -0.1) is 0 Å². The summed E-state index contributed by atoms with van der Waals surface area (Å²) >= 11 is 6.30. The first-order valence-electron chi connectivity index (χ1n) is 6.23. The normalized spacial score (nSPS) is 30.5. The molecule has 1 aromatic rings. The van der Waals surface area contributed by atoms with Crippen molar-refractivity contribution in [3.05, 3.63) is 44.5 Å². The Labute approximate surface area is 116 Å². The van der Waals surface area contributed by atoms with E-state index in [2.05, 4.69) is 0 Å². The molecule has 0 unspecified atom stereocenters. The van der Waals surface area contributed by atoms with Gasteiger partial charge in [0.25, 0.3) is 5.54 Å². The highest BCUT2D eigenvalue weighted by molar-refractivity contribution is 6.31. The van der Waals surface area contributed by atoms with E-state index in [4.69, 9.17) is 16.3 Å². The van der Waals surface area contributed by atoms with Crippen molar-refractivity contribution in [1.29, 1.82) is 0 Å². The van der Waals surface area contributed by atoms with Crippen LogP contribution in [0.3, 0.4) is 0 Å². The fourth-order valence-electron chi connectivity index (χ4n) is 3.30. The number of nitro groups is 1. The molecular weight excluding hydrogens is 268 g/mol. The lowest BCUT2D eigenvalue weighted by molar-refractivity contribution is -0.573. The third-order valence-electron chi connectivity index (χ3n) is 4.15. The number of nitrogens with zero attached hydrogens (tertiary/aromatic N) is 2. The van der Waals surface area contributed by atoms with Crippen LogP contribution in [0.25, 0.3) is 0 Å². The molecule has 0 saturated carbocycles. The van der Waals surface area contributed by atoms with E-state index < -0.39 is 5.54 Å². The summed E-state index contributed by atoms with van der Waals surface area (Å²) in [7, 11) is 1.90. The van der Waals surface area contributed by atoms with E-state index in [0.29, 0.717) is 24.7 Å². The predicted octanol–water partition coefficient (Wildman–Crippen LogP) is 1.91. The Balaban J connectivity index is 2.18. The zero-order valence-electron chi connectivity index (χ0n) is 10.6. The van der Waals surface area contributed by atoms with E-state index in [0.717, 1.165) is 11.1 Å². The molecule has 102 valence electrons. The summed E-state index contributed by atoms with van der Waals surface area (Å²) in [5, 5.41) is 12.2. The van der Waals surface area contributed by atoms with Gasteiger partial charge in [0.1, 0.15) is 6.61 Å². The van der Waals surface area contributed by atoms with Crippen LogP contribution >= 0.6 is 11.6 Å². The smallest absolute Gasteiger partial charge is 0.265 e. The molecule has 1 fully saturated rings. The minimum atomic E-state index is -1.08. The van der Waals surface area contributed by atoms with Crippen molar-refractivity contribution in [3.63, 3.8) is 0 Å². The first-order valence-corrected chi connectivity index (χ1v) is 6.60. The molecule has 3 rings (SSSR count). The van der Waals surface area contributed by atoms with Crippen molar-refractivity contribution in [2.45, 2.75) is 18.1 Å². The SMILES string of the molecule is CN1C[C@H]2c3c(Cl)cccc3COC[C@@]2([N+](=O)[O-])C1. The topological polar surface area (TPSA) is 55.6 Å². The number of fused-ring (bicyclic) bond motifs is 3. The number of likely N-dealkylation sites (tertiary alicyclic amines) is 1. The van der Waals surface area contributed by atoms with E-state index in [9.17, 15) is 10.1 Å². The molecule has 0 radical (unpaired) electrons. The molecule has 0 bridgehead atoms. The Bertz CT molecular complexity index is 537. The predicted molar refractivity (Wildman–Crippen MR) is 71.1 cm³/mol. The van der Waals surface area contributed by atoms with Gasteiger partial charge >= 0.3 is 0 Å². The monoisotopic (exact) mass is 282 g/mol. The fraction of sp³-hybridized carbons (Fsp3) is 0.538. The molecule has 0 aliphatic carbocycles. The zero-order chi connectivity index (χ0) is 13.6. The van der Waals surface area contributed by atoms with E-state index in [1.165, 1.54) is 0 Å². The number of rotatable bonds is 1. The number of hydrogen-bond acceptors (Lipinski definition) is 4. The van der Waals surface area contributed by atoms with Gasteiger partial charge in [-0.1, -0.05) is 23.7 Å². The molecule has 0 amide bonds. The molecule has 19 heavy (non-hydrogen) atoms. The van der Waals surface area contributed by atoms with Crippen molar-refractivity contribution in [2.24, 2.45) is 0 Å². The maximum absolute atomic E-state index is 11.6. The highest BCUT2D eigenvalue weighted by Gasteiger charge is 2.58. The molecule has 2 heterocycles. The number of benzene rings is 1. The Kier molecular flexibility index (Phi) is 3.00. The number of ether oxygens (including phenoxy) is 1. The van der Waals surface area contributed by atoms with Gasteiger partial charge in [-0.2, -0.15) is 0 Å². The summed E-state index contributed by atoms with van der Waals surface area (Å²) < 4.78 is 5.58. The lowest BCUT2D eigenvalue weighted by Gasteiger charge is -2.24. The van der Waals surface area contributed by atoms with E-state index >= 15 is 0 Å². The summed E-state index contributed by atoms with van der Waals surface area (Å²) in [5.74, 6) is -0.210. The second-order valence-electron chi connectivity index (χ2n) is 5.42. The van der Waals surface area contributed by atoms with E-state index in [1.807, 2.05) is 24.1 Å². The highest BCUT2D eigenvalue weighted by Crippen LogP contribution is 2.44. The molecule has 0 N–H and O–H groups in total. The summed E-state index contributed by atoms with van der Waals surface area (Å²) in [4.78, 5) is 13.4. The van der Waals surface area contributed by atoms with Gasteiger partial charge in [0, 0.05) is 16.5 Å². The van der Waals surface area contributed by atoms with Crippen LogP contribution in [0.1, 0.15) is 17.0 Å². The lowest BCUT2D eigenvalue weighted by Crippen LogP contribution is -2.48. The molecule has 0 aromatic heterocycles. The quantitative estimate of drug-likeness (QED) is 0.583. The van der Waals surface area contributed by atoms with Gasteiger partial charge in [0.05, 0.1) is 19.1 Å². The summed E-state index contributed by atoms with van der Waals surface area (Å²) in [6.45, 7) is 1.57. The standard InChI is InChI=1S/C13H15ClN2O3/c1-15-5-10-12-9(3-2-4-11(12)14)6-19-8-13(10,7-15)16(17)18/h2-4,10H,5-8H2,1H3/t10-,13-/m0/s1. The first-order chi connectivity index (χ1) is 9.04. The van der Waals surface area contributed by atoms with Crippen molar-refractivity contribution in [3.8, 4) is 0 Å². The van der Waals surface area contributed by atoms with Gasteiger partial charge in [-0.05, 0) is 24.2 Å². The molecule has 6 heteroatoms. The Hall–Kier alpha value is -1.17. The number of halogens is 1. The second-order valence-corrected chi connectivity index (χ2v) is 5.82. The Morgan fingerprint density at radius 2 is 2.37 bits per heavy atom. The van der Waals surface area contributed by atoms with Gasteiger partial charge in [0.15, 0.2) is 0 Å². The third-order valence-corrected chi connectivity index (χ3v) is 4.48. The van der Waals surface area contributed by atoms with E-state index in [1.54, 1.807) is 6.07 Å². The van der Waals surface area contributed by atoms with Crippen LogP contribution in [0.5, 0.6) is 0 Å². The van der Waals surface area contributed by atoms with Crippen molar-refractivity contribution < 1.29 is 9.66 Å². The van der Waals surface area contributed by atoms with Crippen LogP contribution in [0.4, 0.5) is 0 Å². The average Bonchev–Trinajstić information content (AvgIpc) is 2.59. The van der Waals surface area contributed by atoms with Crippen LogP contribution in [-0.2, 0) is 11.3 Å². The van der Waals surface area contributed by atoms with Crippen molar-refractivity contribution >= 4 is 11.6 Å². The van der Waals surface area contributed by atoms with Crippen molar-refractivity contribution in [1.82, 2.24) is 4.90 Å². The van der Waals surface area contributed by atoms with Crippen LogP contribution < -0.4 is 0 Å². The van der Waals surface area contributed by atoms with Gasteiger partial charge in [-0.25, -0.2) is 0 Å². The Morgan fingerprint density at radius 3 is 3.11 bits per heavy atom. The Morgan fingerprint density at radius 1 is 1.58 bits per heavy atom. The maximum Gasteiger partial charge on any atom is 0.265 e. The molecule has 2 atom stereocenters. The number of hydrogen-bond donors (Lipinski definition) is 0. The van der Waals surface area contributed by atoms with Crippen LogP contribution in [0.15, 0.2) is 18.2 Å². The number of likely N-dealkylation sites (N-methyl/N-ethyl adjacent to an activating group) is 1. The van der Waals surface area contributed by atoms with Crippen LogP contribution in [-0.4, -0.2) is 42.1 Å². The molecule has 5 nitrogen and oxygen atoms in total. The molecular formula is C13H15ClN2O3. The average molecular weight is 283 g/mol. The van der Waals surface area contributed by atoms with Crippen molar-refractivity contribution in [2.75, 3.05) is 26.7 Å². The molecule has 2 aliphatic rings. The summed E-state index contributed by atoms with van der Waals surface area (Å²) in [6.07, 6.45) is 0. The summed E-state index contributed by atoms with van der Waals surface area (Å²) in [5.41, 5.74) is 0.782. The summed E-state index contributed by atoms with van der Waals surface area (Å²) in [6, 6.07) is 5.60. The first kappa shape index (κ1) is 12.8. The van der Waals surface area contributed by atoms with E-state index in [-0.39, 0.29) is 17.4 Å². The molecule has 2 aliphatic heterocycles. The minimum absolute atomic E-state index is 0.139. The van der Waals surface area contributed by atoms with Gasteiger partial charge < -0.3 is 4.74 Å². The van der Waals surface area contributed by atoms with Crippen LogP contribution in [0.2, 0.25) is 5.02 Å². The highest BCUT2D eigenvalue weighted by atomic mass is 35.5. The lowest BCUT2D eigenvalue weighted by atomic mass is 9.82.